The van der Waals surface area contributed by atoms with Crippen LogP contribution in [0.5, 0.6) is 5.75 Å². The molecule has 0 spiro atoms. The molecule has 25 heavy (non-hydrogen) atoms. The fraction of sp³-hybridized carbons (Fsp3) is 0.350. The zero-order valence-corrected chi connectivity index (χ0v) is 14.9. The molecule has 5 heteroatoms. The van der Waals surface area contributed by atoms with E-state index in [-0.39, 0.29) is 17.8 Å². The molecule has 0 bridgehead atoms. The van der Waals surface area contributed by atoms with Gasteiger partial charge in [-0.1, -0.05) is 49.1 Å². The summed E-state index contributed by atoms with van der Waals surface area (Å²) in [6.45, 7) is 0.400. The van der Waals surface area contributed by atoms with Crippen LogP contribution in [0.25, 0.3) is 0 Å². The molecule has 3 rings (SSSR count). The number of hydrogen-bond acceptors (Lipinski definition) is 2. The Kier molecular flexibility index (Phi) is 5.82. The van der Waals surface area contributed by atoms with Crippen molar-refractivity contribution in [1.29, 1.82) is 0 Å². The van der Waals surface area contributed by atoms with Gasteiger partial charge in [-0.15, -0.1) is 0 Å². The van der Waals surface area contributed by atoms with Crippen LogP contribution < -0.4 is 5.32 Å². The zero-order valence-electron chi connectivity index (χ0n) is 14.1. The molecule has 0 aliphatic heterocycles. The summed E-state index contributed by atoms with van der Waals surface area (Å²) in [7, 11) is 0. The van der Waals surface area contributed by atoms with Crippen molar-refractivity contribution in [3.05, 3.63) is 59.1 Å². The van der Waals surface area contributed by atoms with Crippen LogP contribution in [0.3, 0.4) is 0 Å². The van der Waals surface area contributed by atoms with Gasteiger partial charge in [-0.25, -0.2) is 4.79 Å². The van der Waals surface area contributed by atoms with E-state index in [2.05, 4.69) is 5.32 Å². The second-order valence-electron chi connectivity index (χ2n) is 6.49. The molecule has 4 nitrogen and oxygen atoms in total. The first kappa shape index (κ1) is 17.6. The molecule has 0 saturated heterocycles. The van der Waals surface area contributed by atoms with Gasteiger partial charge in [0.25, 0.3) is 0 Å². The van der Waals surface area contributed by atoms with E-state index in [9.17, 15) is 9.90 Å². The maximum absolute atomic E-state index is 12.9. The van der Waals surface area contributed by atoms with Crippen LogP contribution >= 0.6 is 11.6 Å². The van der Waals surface area contributed by atoms with Crippen molar-refractivity contribution in [2.24, 2.45) is 0 Å². The summed E-state index contributed by atoms with van der Waals surface area (Å²) in [6.07, 6.45) is 5.50. The lowest BCUT2D eigenvalue weighted by Crippen LogP contribution is -2.43. The fourth-order valence-electron chi connectivity index (χ4n) is 3.32. The van der Waals surface area contributed by atoms with E-state index < -0.39 is 0 Å². The molecule has 0 aromatic heterocycles. The van der Waals surface area contributed by atoms with Crippen LogP contribution in [0.15, 0.2) is 48.5 Å². The Labute approximate surface area is 153 Å². The third-order valence-electron chi connectivity index (χ3n) is 4.70. The van der Waals surface area contributed by atoms with E-state index in [0.717, 1.165) is 31.2 Å². The van der Waals surface area contributed by atoms with E-state index in [1.807, 2.05) is 17.0 Å². The molecule has 132 valence electrons. The van der Waals surface area contributed by atoms with Gasteiger partial charge < -0.3 is 15.3 Å². The molecule has 1 fully saturated rings. The number of urea groups is 1. The Bertz CT molecular complexity index is 712. The number of nitrogens with zero attached hydrogens (tertiary/aromatic N) is 1. The lowest BCUT2D eigenvalue weighted by molar-refractivity contribution is 0.162. The van der Waals surface area contributed by atoms with Crippen LogP contribution in [0.1, 0.15) is 37.7 Å². The van der Waals surface area contributed by atoms with Gasteiger partial charge in [-0.2, -0.15) is 0 Å². The summed E-state index contributed by atoms with van der Waals surface area (Å²) in [5.74, 6) is 0.225. The van der Waals surface area contributed by atoms with Gasteiger partial charge in [0.1, 0.15) is 5.75 Å². The number of anilines is 1. The number of phenols is 1. The molecule has 0 heterocycles. The van der Waals surface area contributed by atoms with Crippen molar-refractivity contribution in [3.63, 3.8) is 0 Å². The van der Waals surface area contributed by atoms with Crippen molar-refractivity contribution < 1.29 is 9.90 Å². The van der Waals surface area contributed by atoms with Gasteiger partial charge >= 0.3 is 6.03 Å². The predicted molar refractivity (Wildman–Crippen MR) is 101 cm³/mol. The molecule has 0 radical (unpaired) electrons. The van der Waals surface area contributed by atoms with Crippen LogP contribution in [0, 0.1) is 0 Å². The monoisotopic (exact) mass is 358 g/mol. The van der Waals surface area contributed by atoms with E-state index in [1.165, 1.54) is 6.42 Å². The van der Waals surface area contributed by atoms with Crippen molar-refractivity contribution in [3.8, 4) is 5.75 Å². The molecular weight excluding hydrogens is 336 g/mol. The van der Waals surface area contributed by atoms with E-state index >= 15 is 0 Å². The Morgan fingerprint density at radius 1 is 1.08 bits per heavy atom. The maximum atomic E-state index is 12.9. The average Bonchev–Trinajstić information content (AvgIpc) is 2.63. The number of nitrogens with one attached hydrogen (secondary N) is 1. The Balaban J connectivity index is 1.78. The van der Waals surface area contributed by atoms with Crippen LogP contribution in [0.2, 0.25) is 5.02 Å². The van der Waals surface area contributed by atoms with Gasteiger partial charge in [0, 0.05) is 22.3 Å². The topological polar surface area (TPSA) is 52.6 Å². The van der Waals surface area contributed by atoms with Crippen LogP contribution in [-0.2, 0) is 6.54 Å². The molecule has 0 atom stereocenters. The van der Waals surface area contributed by atoms with Crippen molar-refractivity contribution in [2.45, 2.75) is 44.7 Å². The number of hydrogen-bond donors (Lipinski definition) is 2. The molecule has 1 aliphatic rings. The summed E-state index contributed by atoms with van der Waals surface area (Å²) >= 11 is 5.91. The minimum atomic E-state index is -0.141. The number of halogens is 1. The first-order valence-corrected chi connectivity index (χ1v) is 9.11. The third kappa shape index (κ3) is 4.67. The molecule has 2 amide bonds. The maximum Gasteiger partial charge on any atom is 0.322 e. The minimum absolute atomic E-state index is 0.141. The van der Waals surface area contributed by atoms with Crippen LogP contribution in [0.4, 0.5) is 10.5 Å². The number of rotatable bonds is 4. The van der Waals surface area contributed by atoms with Crippen molar-refractivity contribution >= 4 is 23.3 Å². The van der Waals surface area contributed by atoms with E-state index in [4.69, 9.17) is 11.6 Å². The standard InChI is InChI=1S/C20H23ClN2O2/c21-16-10-12-17(13-11-16)22-20(25)23(18-7-2-1-3-8-18)14-15-6-4-5-9-19(15)24/h4-6,9-13,18,24H,1-3,7-8,14H2,(H,22,25). The first-order valence-electron chi connectivity index (χ1n) is 8.73. The van der Waals surface area contributed by atoms with Crippen LogP contribution in [-0.4, -0.2) is 22.1 Å². The van der Waals surface area contributed by atoms with Gasteiger partial charge in [0.15, 0.2) is 0 Å². The number of benzene rings is 2. The summed E-state index contributed by atoms with van der Waals surface area (Å²) in [5.41, 5.74) is 1.48. The molecule has 1 aliphatic carbocycles. The van der Waals surface area contributed by atoms with Gasteiger partial charge in [-0.05, 0) is 43.2 Å². The molecule has 2 aromatic rings. The van der Waals surface area contributed by atoms with Crippen molar-refractivity contribution in [1.82, 2.24) is 4.90 Å². The largest absolute Gasteiger partial charge is 0.508 e. The number of aromatic hydroxyl groups is 1. The van der Waals surface area contributed by atoms with Gasteiger partial charge in [0.2, 0.25) is 0 Å². The van der Waals surface area contributed by atoms with Gasteiger partial charge in [-0.3, -0.25) is 0 Å². The molecular formula is C20H23ClN2O2. The lowest BCUT2D eigenvalue weighted by Gasteiger charge is -2.34. The average molecular weight is 359 g/mol. The normalized spacial score (nSPS) is 14.9. The highest BCUT2D eigenvalue weighted by Gasteiger charge is 2.26. The minimum Gasteiger partial charge on any atom is -0.508 e. The molecule has 2 aromatic carbocycles. The number of amides is 2. The summed E-state index contributed by atoms with van der Waals surface area (Å²) in [5, 5.41) is 13.7. The van der Waals surface area contributed by atoms with Gasteiger partial charge in [0.05, 0.1) is 6.54 Å². The van der Waals surface area contributed by atoms with Crippen molar-refractivity contribution in [2.75, 3.05) is 5.32 Å². The smallest absolute Gasteiger partial charge is 0.322 e. The number of para-hydroxylation sites is 1. The zero-order chi connectivity index (χ0) is 17.6. The molecule has 0 unspecified atom stereocenters. The SMILES string of the molecule is O=C(Nc1ccc(Cl)cc1)N(Cc1ccccc1O)C1CCCCC1. The Hall–Kier alpha value is -2.20. The summed E-state index contributed by atoms with van der Waals surface area (Å²) < 4.78 is 0. The second-order valence-corrected chi connectivity index (χ2v) is 6.92. The fourth-order valence-corrected chi connectivity index (χ4v) is 3.44. The number of phenolic OH excluding ortho intramolecular Hbond substituents is 1. The highest BCUT2D eigenvalue weighted by molar-refractivity contribution is 6.30. The third-order valence-corrected chi connectivity index (χ3v) is 4.96. The van der Waals surface area contributed by atoms with E-state index in [1.54, 1.807) is 36.4 Å². The second kappa shape index (κ2) is 8.26. The summed E-state index contributed by atoms with van der Waals surface area (Å²) in [6, 6.07) is 14.3. The first-order chi connectivity index (χ1) is 12.1. The summed E-state index contributed by atoms with van der Waals surface area (Å²) in [4.78, 5) is 14.8. The number of carbonyl (C=O) groups excluding carboxylic acids is 1. The highest BCUT2D eigenvalue weighted by atomic mass is 35.5. The molecule has 1 saturated carbocycles. The predicted octanol–water partition coefficient (Wildman–Crippen LogP) is 5.41. The Morgan fingerprint density at radius 3 is 2.44 bits per heavy atom. The molecule has 2 N–H and O–H groups in total. The quantitative estimate of drug-likeness (QED) is 0.767. The lowest BCUT2D eigenvalue weighted by atomic mass is 9.94. The number of carbonyl (C=O) groups is 1. The Morgan fingerprint density at radius 2 is 1.76 bits per heavy atom. The van der Waals surface area contributed by atoms with E-state index in [0.29, 0.717) is 17.3 Å². The highest BCUT2D eigenvalue weighted by Crippen LogP contribution is 2.27.